The number of nitrogens with zero attached hydrogens (tertiary/aromatic N) is 3. The van der Waals surface area contributed by atoms with Gasteiger partial charge in [-0.3, -0.25) is 4.79 Å². The van der Waals surface area contributed by atoms with Crippen LogP contribution >= 0.6 is 0 Å². The van der Waals surface area contributed by atoms with Gasteiger partial charge >= 0.3 is 0 Å². The first kappa shape index (κ1) is 13.1. The highest BCUT2D eigenvalue weighted by Crippen LogP contribution is 2.24. The van der Waals surface area contributed by atoms with Crippen LogP contribution in [0.15, 0.2) is 30.5 Å². The molecular formula is C15H15N5O. The summed E-state index contributed by atoms with van der Waals surface area (Å²) in [5, 5.41) is 5.20. The summed E-state index contributed by atoms with van der Waals surface area (Å²) in [4.78, 5) is 15.9. The highest BCUT2D eigenvalue weighted by atomic mass is 16.1. The van der Waals surface area contributed by atoms with Crippen LogP contribution in [0.25, 0.3) is 16.7 Å². The number of aromatic nitrogens is 3. The van der Waals surface area contributed by atoms with E-state index in [1.165, 1.54) is 10.9 Å². The molecule has 0 spiro atoms. The number of hydrogen-bond donors (Lipinski definition) is 2. The van der Waals surface area contributed by atoms with Gasteiger partial charge in [0.1, 0.15) is 11.4 Å². The Kier molecular flexibility index (Phi) is 2.86. The number of anilines is 1. The Bertz CT molecular complexity index is 866. The van der Waals surface area contributed by atoms with E-state index in [2.05, 4.69) is 10.1 Å². The molecule has 0 fully saturated rings. The van der Waals surface area contributed by atoms with Crippen LogP contribution in [-0.2, 0) is 0 Å². The van der Waals surface area contributed by atoms with Crippen molar-refractivity contribution in [3.8, 4) is 5.82 Å². The topological polar surface area (TPSA) is 99.8 Å². The van der Waals surface area contributed by atoms with Gasteiger partial charge in [0.05, 0.1) is 11.7 Å². The van der Waals surface area contributed by atoms with Crippen molar-refractivity contribution in [1.82, 2.24) is 14.8 Å². The lowest BCUT2D eigenvalue weighted by atomic mass is 10.1. The van der Waals surface area contributed by atoms with Gasteiger partial charge in [-0.1, -0.05) is 18.2 Å². The molecule has 0 unspecified atom stereocenters. The van der Waals surface area contributed by atoms with E-state index in [-0.39, 0.29) is 11.4 Å². The number of para-hydroxylation sites is 1. The van der Waals surface area contributed by atoms with E-state index in [0.29, 0.717) is 5.82 Å². The zero-order chi connectivity index (χ0) is 15.1. The summed E-state index contributed by atoms with van der Waals surface area (Å²) in [6.07, 6.45) is 1.36. The second kappa shape index (κ2) is 4.59. The molecule has 0 radical (unpaired) electrons. The number of carbonyl (C=O) groups is 1. The van der Waals surface area contributed by atoms with Crippen LogP contribution < -0.4 is 11.5 Å². The maximum absolute atomic E-state index is 11.3. The highest BCUT2D eigenvalue weighted by molar-refractivity contribution is 5.97. The van der Waals surface area contributed by atoms with E-state index in [1.807, 2.05) is 38.1 Å². The standard InChI is InChI=1S/C15H15N5O/c1-8-4-3-5-10-9(2)6-12(19-13(8)10)20-14(16)11(7-18-20)15(17)21/h3-7H,16H2,1-2H3,(H2,17,21). The van der Waals surface area contributed by atoms with Gasteiger partial charge in [0, 0.05) is 5.39 Å². The van der Waals surface area contributed by atoms with Crippen molar-refractivity contribution in [1.29, 1.82) is 0 Å². The average molecular weight is 281 g/mol. The molecule has 6 nitrogen and oxygen atoms in total. The minimum atomic E-state index is -0.604. The van der Waals surface area contributed by atoms with Gasteiger partial charge in [0.15, 0.2) is 5.82 Å². The van der Waals surface area contributed by atoms with Gasteiger partial charge in [-0.15, -0.1) is 0 Å². The van der Waals surface area contributed by atoms with Crippen molar-refractivity contribution in [3.63, 3.8) is 0 Å². The fourth-order valence-corrected chi connectivity index (χ4v) is 2.38. The Morgan fingerprint density at radius 1 is 1.24 bits per heavy atom. The number of primary amides is 1. The molecule has 0 bridgehead atoms. The molecule has 2 aromatic heterocycles. The first-order valence-corrected chi connectivity index (χ1v) is 6.49. The van der Waals surface area contributed by atoms with Crippen LogP contribution in [0.4, 0.5) is 5.82 Å². The summed E-state index contributed by atoms with van der Waals surface area (Å²) < 4.78 is 1.43. The molecule has 6 heteroatoms. The fraction of sp³-hybridized carbons (Fsp3) is 0.133. The summed E-state index contributed by atoms with van der Waals surface area (Å²) in [6, 6.07) is 7.91. The van der Waals surface area contributed by atoms with E-state index < -0.39 is 5.91 Å². The Labute approximate surface area is 121 Å². The van der Waals surface area contributed by atoms with Crippen molar-refractivity contribution in [2.45, 2.75) is 13.8 Å². The molecule has 0 saturated heterocycles. The lowest BCUT2D eigenvalue weighted by Crippen LogP contribution is -2.13. The maximum atomic E-state index is 11.3. The first-order valence-electron chi connectivity index (χ1n) is 6.49. The van der Waals surface area contributed by atoms with E-state index in [1.54, 1.807) is 0 Å². The number of amides is 1. The molecule has 3 aromatic rings. The zero-order valence-electron chi connectivity index (χ0n) is 11.8. The first-order chi connectivity index (χ1) is 9.99. The number of benzene rings is 1. The molecule has 4 N–H and O–H groups in total. The molecule has 0 aliphatic rings. The van der Waals surface area contributed by atoms with Crippen LogP contribution in [0, 0.1) is 13.8 Å². The minimum Gasteiger partial charge on any atom is -0.383 e. The number of nitrogen functional groups attached to an aromatic ring is 1. The molecule has 21 heavy (non-hydrogen) atoms. The predicted molar refractivity (Wildman–Crippen MR) is 81.3 cm³/mol. The number of nitrogens with two attached hydrogens (primary N) is 2. The largest absolute Gasteiger partial charge is 0.383 e. The highest BCUT2D eigenvalue weighted by Gasteiger charge is 2.15. The number of carbonyl (C=O) groups excluding carboxylic acids is 1. The number of pyridine rings is 1. The Hall–Kier alpha value is -2.89. The SMILES string of the molecule is Cc1cc(-n2ncc(C(N)=O)c2N)nc2c(C)cccc12. The summed E-state index contributed by atoms with van der Waals surface area (Å²) in [6.45, 7) is 4.00. The van der Waals surface area contributed by atoms with Crippen LogP contribution in [0.3, 0.4) is 0 Å². The Balaban J connectivity index is 2.26. The lowest BCUT2D eigenvalue weighted by molar-refractivity contribution is 0.100. The molecule has 2 heterocycles. The van der Waals surface area contributed by atoms with Crippen LogP contribution in [0.2, 0.25) is 0 Å². The Morgan fingerprint density at radius 3 is 2.67 bits per heavy atom. The molecule has 1 aromatic carbocycles. The van der Waals surface area contributed by atoms with Gasteiger partial charge in [0.25, 0.3) is 5.91 Å². The fourth-order valence-electron chi connectivity index (χ4n) is 2.38. The van der Waals surface area contributed by atoms with Gasteiger partial charge in [0.2, 0.25) is 0 Å². The average Bonchev–Trinajstić information content (AvgIpc) is 2.82. The van der Waals surface area contributed by atoms with E-state index in [4.69, 9.17) is 11.5 Å². The van der Waals surface area contributed by atoms with Crippen molar-refractivity contribution in [2.24, 2.45) is 5.73 Å². The number of aryl methyl sites for hydroxylation is 2. The van der Waals surface area contributed by atoms with Gasteiger partial charge in [-0.2, -0.15) is 9.78 Å². The second-order valence-corrected chi connectivity index (χ2v) is 4.99. The molecule has 0 saturated carbocycles. The smallest absolute Gasteiger partial charge is 0.254 e. The third kappa shape index (κ3) is 2.01. The summed E-state index contributed by atoms with van der Waals surface area (Å²) in [7, 11) is 0. The third-order valence-electron chi connectivity index (χ3n) is 3.52. The van der Waals surface area contributed by atoms with Crippen LogP contribution in [0.5, 0.6) is 0 Å². The van der Waals surface area contributed by atoms with Crippen molar-refractivity contribution in [2.75, 3.05) is 5.73 Å². The van der Waals surface area contributed by atoms with Crippen molar-refractivity contribution >= 4 is 22.6 Å². The molecule has 0 aliphatic heterocycles. The van der Waals surface area contributed by atoms with E-state index >= 15 is 0 Å². The zero-order valence-corrected chi connectivity index (χ0v) is 11.8. The summed E-state index contributed by atoms with van der Waals surface area (Å²) >= 11 is 0. The molecule has 0 aliphatic carbocycles. The monoisotopic (exact) mass is 281 g/mol. The van der Waals surface area contributed by atoms with Crippen LogP contribution in [0.1, 0.15) is 21.5 Å². The minimum absolute atomic E-state index is 0.194. The van der Waals surface area contributed by atoms with Crippen molar-refractivity contribution in [3.05, 3.63) is 47.2 Å². The van der Waals surface area contributed by atoms with Crippen molar-refractivity contribution < 1.29 is 4.79 Å². The number of rotatable bonds is 2. The number of fused-ring (bicyclic) bond motifs is 1. The lowest BCUT2D eigenvalue weighted by Gasteiger charge is -2.09. The van der Waals surface area contributed by atoms with Gasteiger partial charge in [-0.05, 0) is 31.0 Å². The Morgan fingerprint density at radius 2 is 2.00 bits per heavy atom. The third-order valence-corrected chi connectivity index (χ3v) is 3.52. The van der Waals surface area contributed by atoms with Gasteiger partial charge in [-0.25, -0.2) is 4.98 Å². The van der Waals surface area contributed by atoms with E-state index in [9.17, 15) is 4.79 Å². The summed E-state index contributed by atoms with van der Waals surface area (Å²) in [5.74, 6) is 0.161. The summed E-state index contributed by atoms with van der Waals surface area (Å²) in [5.41, 5.74) is 14.4. The molecule has 106 valence electrons. The molecule has 3 rings (SSSR count). The maximum Gasteiger partial charge on any atom is 0.254 e. The second-order valence-electron chi connectivity index (χ2n) is 4.99. The predicted octanol–water partition coefficient (Wildman–Crippen LogP) is 1.72. The molecular weight excluding hydrogens is 266 g/mol. The molecule has 1 amide bonds. The normalized spacial score (nSPS) is 11.0. The van der Waals surface area contributed by atoms with Gasteiger partial charge < -0.3 is 11.5 Å². The molecule has 0 atom stereocenters. The number of hydrogen-bond acceptors (Lipinski definition) is 4. The quantitative estimate of drug-likeness (QED) is 0.746. The van der Waals surface area contributed by atoms with Crippen LogP contribution in [-0.4, -0.2) is 20.7 Å². The van der Waals surface area contributed by atoms with E-state index in [0.717, 1.165) is 22.0 Å².